The summed E-state index contributed by atoms with van der Waals surface area (Å²) in [7, 11) is 1.90. The number of carbonyl (C=O) groups is 1. The second-order valence-electron chi connectivity index (χ2n) is 6.78. The average Bonchev–Trinajstić information content (AvgIpc) is 3.37. The molecule has 1 heterocycles. The Labute approximate surface area is 153 Å². The minimum absolute atomic E-state index is 0.0150. The molecule has 3 aromatic rings. The molecule has 1 aromatic heterocycles. The Kier molecular flexibility index (Phi) is 4.44. The van der Waals surface area contributed by atoms with Gasteiger partial charge in [0.25, 0.3) is 0 Å². The van der Waals surface area contributed by atoms with E-state index in [4.69, 9.17) is 0 Å². The molecule has 2 atom stereocenters. The molecule has 1 fully saturated rings. The topological polar surface area (TPSA) is 50.2 Å². The molecule has 1 aliphatic carbocycles. The van der Waals surface area contributed by atoms with Gasteiger partial charge in [0, 0.05) is 19.2 Å². The monoisotopic (exact) mass is 346 g/mol. The third-order valence-electron chi connectivity index (χ3n) is 4.78. The van der Waals surface area contributed by atoms with Crippen molar-refractivity contribution in [2.75, 3.05) is 5.01 Å². The molecular weight excluding hydrogens is 324 g/mol. The summed E-state index contributed by atoms with van der Waals surface area (Å²) in [5.74, 6) is 0.359. The Balaban J connectivity index is 1.47. The number of aromatic nitrogens is 2. The van der Waals surface area contributed by atoms with Crippen LogP contribution in [-0.2, 0) is 18.4 Å². The number of hydrogen-bond donors (Lipinski definition) is 1. The van der Waals surface area contributed by atoms with Crippen LogP contribution in [0.1, 0.15) is 23.5 Å². The highest BCUT2D eigenvalue weighted by Crippen LogP contribution is 2.47. The van der Waals surface area contributed by atoms with Crippen molar-refractivity contribution in [3.05, 3.63) is 84.2 Å². The fourth-order valence-electron chi connectivity index (χ4n) is 3.27. The van der Waals surface area contributed by atoms with Crippen LogP contribution >= 0.6 is 0 Å². The standard InChI is InChI=1S/C21H22N4O/c1-24-15-17(13-22-24)19-12-20(19)21(26)23-25(18-10-6-3-7-11-18)14-16-8-4-2-5-9-16/h2-11,13,15,19-20H,12,14H2,1H3,(H,23,26)/t19-,20-/m0/s1. The number of nitrogens with one attached hydrogen (secondary N) is 1. The predicted octanol–water partition coefficient (Wildman–Crippen LogP) is 3.26. The van der Waals surface area contributed by atoms with Gasteiger partial charge >= 0.3 is 0 Å². The van der Waals surface area contributed by atoms with E-state index < -0.39 is 0 Å². The van der Waals surface area contributed by atoms with E-state index in [2.05, 4.69) is 22.7 Å². The molecule has 1 amide bonds. The molecule has 1 saturated carbocycles. The van der Waals surface area contributed by atoms with Gasteiger partial charge in [-0.1, -0.05) is 48.5 Å². The van der Waals surface area contributed by atoms with E-state index in [9.17, 15) is 4.79 Å². The van der Waals surface area contributed by atoms with Crippen LogP contribution in [0, 0.1) is 5.92 Å². The van der Waals surface area contributed by atoms with Gasteiger partial charge in [0.15, 0.2) is 0 Å². The third kappa shape index (κ3) is 3.61. The summed E-state index contributed by atoms with van der Waals surface area (Å²) in [6.07, 6.45) is 4.74. The van der Waals surface area contributed by atoms with Crippen LogP contribution in [0.25, 0.3) is 0 Å². The highest BCUT2D eigenvalue weighted by molar-refractivity contribution is 5.84. The highest BCUT2D eigenvalue weighted by Gasteiger charge is 2.45. The Morgan fingerprint density at radius 2 is 1.85 bits per heavy atom. The van der Waals surface area contributed by atoms with Gasteiger partial charge in [0.2, 0.25) is 5.91 Å². The first kappa shape index (κ1) is 16.4. The van der Waals surface area contributed by atoms with Gasteiger partial charge < -0.3 is 0 Å². The van der Waals surface area contributed by atoms with Crippen LogP contribution in [0.2, 0.25) is 0 Å². The number of nitrogens with zero attached hydrogens (tertiary/aromatic N) is 3. The first-order chi connectivity index (χ1) is 12.7. The van der Waals surface area contributed by atoms with Gasteiger partial charge in [-0.25, -0.2) is 0 Å². The van der Waals surface area contributed by atoms with E-state index in [1.807, 2.05) is 73.0 Å². The van der Waals surface area contributed by atoms with Gasteiger partial charge in [0.1, 0.15) is 0 Å². The second kappa shape index (κ2) is 7.04. The van der Waals surface area contributed by atoms with Crippen LogP contribution in [0.15, 0.2) is 73.1 Å². The van der Waals surface area contributed by atoms with Gasteiger partial charge in [-0.05, 0) is 35.6 Å². The van der Waals surface area contributed by atoms with Crippen LogP contribution in [0.5, 0.6) is 0 Å². The Morgan fingerprint density at radius 3 is 2.50 bits per heavy atom. The Hall–Kier alpha value is -3.08. The molecule has 0 spiro atoms. The quantitative estimate of drug-likeness (QED) is 0.697. The third-order valence-corrected chi connectivity index (χ3v) is 4.78. The van der Waals surface area contributed by atoms with Gasteiger partial charge in [-0.15, -0.1) is 0 Å². The predicted molar refractivity (Wildman–Crippen MR) is 101 cm³/mol. The molecular formula is C21H22N4O. The molecule has 0 aliphatic heterocycles. The lowest BCUT2D eigenvalue weighted by Crippen LogP contribution is -2.43. The van der Waals surface area contributed by atoms with Gasteiger partial charge in [-0.2, -0.15) is 5.10 Å². The van der Waals surface area contributed by atoms with Crippen molar-refractivity contribution in [1.29, 1.82) is 0 Å². The summed E-state index contributed by atoms with van der Waals surface area (Å²) in [5, 5.41) is 6.14. The van der Waals surface area contributed by atoms with Crippen molar-refractivity contribution in [3.8, 4) is 0 Å². The number of hydrazine groups is 1. The normalized spacial score (nSPS) is 18.3. The molecule has 0 radical (unpaired) electrons. The molecule has 5 nitrogen and oxygen atoms in total. The number of amides is 1. The average molecular weight is 346 g/mol. The van der Waals surface area contributed by atoms with Crippen molar-refractivity contribution < 1.29 is 4.79 Å². The first-order valence-corrected chi connectivity index (χ1v) is 8.86. The molecule has 2 aromatic carbocycles. The zero-order valence-electron chi connectivity index (χ0n) is 14.7. The Morgan fingerprint density at radius 1 is 1.15 bits per heavy atom. The van der Waals surface area contributed by atoms with Crippen LogP contribution in [-0.4, -0.2) is 15.7 Å². The number of para-hydroxylation sites is 1. The fraction of sp³-hybridized carbons (Fsp3) is 0.238. The lowest BCUT2D eigenvalue weighted by atomic mass is 10.2. The molecule has 26 heavy (non-hydrogen) atoms. The highest BCUT2D eigenvalue weighted by atomic mass is 16.2. The van der Waals surface area contributed by atoms with Gasteiger partial charge in [-0.3, -0.25) is 19.9 Å². The number of aryl methyl sites for hydroxylation is 1. The number of benzene rings is 2. The zero-order valence-corrected chi connectivity index (χ0v) is 14.7. The first-order valence-electron chi connectivity index (χ1n) is 8.86. The van der Waals surface area contributed by atoms with E-state index in [-0.39, 0.29) is 17.7 Å². The fourth-order valence-corrected chi connectivity index (χ4v) is 3.27. The summed E-state index contributed by atoms with van der Waals surface area (Å²) >= 11 is 0. The van der Waals surface area contributed by atoms with Crippen molar-refractivity contribution >= 4 is 11.6 Å². The van der Waals surface area contributed by atoms with Crippen LogP contribution in [0.3, 0.4) is 0 Å². The van der Waals surface area contributed by atoms with E-state index in [1.165, 1.54) is 0 Å². The van der Waals surface area contributed by atoms with Crippen LogP contribution < -0.4 is 10.4 Å². The number of hydrogen-bond acceptors (Lipinski definition) is 3. The summed E-state index contributed by atoms with van der Waals surface area (Å²) < 4.78 is 1.79. The van der Waals surface area contributed by atoms with Crippen molar-refractivity contribution in [3.63, 3.8) is 0 Å². The van der Waals surface area contributed by atoms with Crippen molar-refractivity contribution in [1.82, 2.24) is 15.2 Å². The minimum atomic E-state index is 0.0150. The number of rotatable bonds is 6. The maximum Gasteiger partial charge on any atom is 0.242 e. The van der Waals surface area contributed by atoms with E-state index >= 15 is 0 Å². The van der Waals surface area contributed by atoms with Crippen molar-refractivity contribution in [2.24, 2.45) is 13.0 Å². The second-order valence-corrected chi connectivity index (χ2v) is 6.78. The lowest BCUT2D eigenvalue weighted by Gasteiger charge is -2.25. The molecule has 1 aliphatic rings. The summed E-state index contributed by atoms with van der Waals surface area (Å²) in [5.41, 5.74) is 6.38. The molecule has 5 heteroatoms. The molecule has 4 rings (SSSR count). The van der Waals surface area contributed by atoms with Gasteiger partial charge in [0.05, 0.1) is 18.4 Å². The van der Waals surface area contributed by atoms with E-state index in [1.54, 1.807) is 4.68 Å². The SMILES string of the molecule is Cn1cc([C@@H]2C[C@@H]2C(=O)NN(Cc2ccccc2)c2ccccc2)cn1. The molecule has 132 valence electrons. The molecule has 0 saturated heterocycles. The smallest absolute Gasteiger partial charge is 0.242 e. The summed E-state index contributed by atoms with van der Waals surface area (Å²) in [6, 6.07) is 20.1. The lowest BCUT2D eigenvalue weighted by molar-refractivity contribution is -0.122. The molecule has 1 N–H and O–H groups in total. The maximum absolute atomic E-state index is 12.8. The number of anilines is 1. The van der Waals surface area contributed by atoms with E-state index in [0.29, 0.717) is 6.54 Å². The maximum atomic E-state index is 12.8. The summed E-state index contributed by atoms with van der Waals surface area (Å²) in [6.45, 7) is 0.626. The minimum Gasteiger partial charge on any atom is -0.281 e. The van der Waals surface area contributed by atoms with Crippen molar-refractivity contribution in [2.45, 2.75) is 18.9 Å². The summed E-state index contributed by atoms with van der Waals surface area (Å²) in [4.78, 5) is 12.8. The largest absolute Gasteiger partial charge is 0.281 e. The molecule has 0 unspecified atom stereocenters. The zero-order chi connectivity index (χ0) is 17.9. The van der Waals surface area contributed by atoms with E-state index in [0.717, 1.165) is 23.2 Å². The van der Waals surface area contributed by atoms with Crippen LogP contribution in [0.4, 0.5) is 5.69 Å². The number of carbonyl (C=O) groups excluding carboxylic acids is 1. The molecule has 0 bridgehead atoms. The Bertz CT molecular complexity index is 875.